The van der Waals surface area contributed by atoms with Crippen LogP contribution >= 0.6 is 22.7 Å². The van der Waals surface area contributed by atoms with E-state index in [9.17, 15) is 9.59 Å². The number of rotatable bonds is 3. The van der Waals surface area contributed by atoms with Gasteiger partial charge in [-0.2, -0.15) is 0 Å². The van der Waals surface area contributed by atoms with Crippen LogP contribution in [0.2, 0.25) is 0 Å². The van der Waals surface area contributed by atoms with Gasteiger partial charge in [0, 0.05) is 29.4 Å². The Morgan fingerprint density at radius 1 is 1.03 bits per heavy atom. The van der Waals surface area contributed by atoms with E-state index in [-0.39, 0.29) is 30.3 Å². The molecule has 0 spiro atoms. The van der Waals surface area contributed by atoms with Crippen molar-refractivity contribution in [1.29, 1.82) is 0 Å². The first-order chi connectivity index (χ1) is 14.6. The number of carbonyl (C=O) groups is 2. The summed E-state index contributed by atoms with van der Waals surface area (Å²) in [5.74, 6) is 0.0405. The molecular weight excluding hydrogens is 412 g/mol. The maximum absolute atomic E-state index is 13.7. The Morgan fingerprint density at radius 3 is 2.70 bits per heavy atom. The third kappa shape index (κ3) is 3.30. The van der Waals surface area contributed by atoms with Gasteiger partial charge in [0.05, 0.1) is 18.5 Å². The number of benzene rings is 1. The minimum absolute atomic E-state index is 0.0346. The van der Waals surface area contributed by atoms with Crippen LogP contribution < -0.4 is 0 Å². The first-order valence-electron chi connectivity index (χ1n) is 10.1. The van der Waals surface area contributed by atoms with Gasteiger partial charge in [-0.3, -0.25) is 9.59 Å². The quantitative estimate of drug-likeness (QED) is 0.565. The summed E-state index contributed by atoms with van der Waals surface area (Å²) in [6.45, 7) is 2.27. The van der Waals surface area contributed by atoms with Gasteiger partial charge < -0.3 is 9.80 Å². The molecule has 2 aliphatic rings. The van der Waals surface area contributed by atoms with Crippen molar-refractivity contribution in [2.24, 2.45) is 0 Å². The van der Waals surface area contributed by atoms with Crippen molar-refractivity contribution in [1.82, 2.24) is 9.80 Å². The molecular formula is C24H22N2O2S2. The summed E-state index contributed by atoms with van der Waals surface area (Å²) in [6, 6.07) is 14.0. The second-order valence-corrected chi connectivity index (χ2v) is 9.63. The number of hydrogen-bond acceptors (Lipinski definition) is 4. The number of amides is 2. The van der Waals surface area contributed by atoms with Crippen LogP contribution in [0.25, 0.3) is 6.08 Å². The highest BCUT2D eigenvalue weighted by atomic mass is 32.1. The fraction of sp³-hybridized carbons (Fsp3) is 0.250. The molecule has 30 heavy (non-hydrogen) atoms. The lowest BCUT2D eigenvalue weighted by Crippen LogP contribution is -2.42. The van der Waals surface area contributed by atoms with E-state index in [0.717, 1.165) is 17.5 Å². The van der Waals surface area contributed by atoms with Crippen LogP contribution in [0.4, 0.5) is 0 Å². The summed E-state index contributed by atoms with van der Waals surface area (Å²) in [5.41, 5.74) is 3.35. The zero-order valence-electron chi connectivity index (χ0n) is 16.7. The highest BCUT2D eigenvalue weighted by Gasteiger charge is 2.36. The Bertz CT molecular complexity index is 1120. The van der Waals surface area contributed by atoms with Crippen molar-refractivity contribution in [2.75, 3.05) is 6.54 Å². The van der Waals surface area contributed by atoms with Gasteiger partial charge in [-0.25, -0.2) is 0 Å². The van der Waals surface area contributed by atoms with Gasteiger partial charge >= 0.3 is 0 Å². The second-order valence-electron chi connectivity index (χ2n) is 7.65. The van der Waals surface area contributed by atoms with Gasteiger partial charge in [-0.05, 0) is 52.1 Å². The molecule has 0 saturated heterocycles. The van der Waals surface area contributed by atoms with Crippen LogP contribution in [-0.4, -0.2) is 28.2 Å². The van der Waals surface area contributed by atoms with E-state index in [1.54, 1.807) is 34.5 Å². The van der Waals surface area contributed by atoms with E-state index in [1.807, 2.05) is 47.5 Å². The Balaban J connectivity index is 1.48. The Morgan fingerprint density at radius 2 is 1.90 bits per heavy atom. The highest BCUT2D eigenvalue weighted by Crippen LogP contribution is 2.41. The smallest absolute Gasteiger partial charge is 0.225 e. The largest absolute Gasteiger partial charge is 0.330 e. The maximum atomic E-state index is 13.7. The molecule has 2 amide bonds. The standard InChI is InChI=1S/C24H22N2O2S2/c1-16(27)25-11-8-17-5-2-3-6-18(17)20(25)15-23(28)26-12-9-21-19(10-14-30-21)24(26)22-7-4-13-29-22/h2-8,10-11,13-14,20,24H,9,12,15H2,1H3/t20-,24-/m1/s1. The molecule has 3 aromatic rings. The number of hydrogen-bond donors (Lipinski definition) is 0. The van der Waals surface area contributed by atoms with E-state index in [2.05, 4.69) is 22.9 Å². The Hall–Kier alpha value is -2.70. The predicted molar refractivity (Wildman–Crippen MR) is 121 cm³/mol. The Labute approximate surface area is 184 Å². The number of fused-ring (bicyclic) bond motifs is 2. The molecule has 152 valence electrons. The van der Waals surface area contributed by atoms with Gasteiger partial charge in [0.1, 0.15) is 0 Å². The SMILES string of the molecule is CC(=O)N1C=Cc2ccccc2[C@H]1CC(=O)N1CCc2sccc2[C@@H]1c1cccs1. The zero-order valence-corrected chi connectivity index (χ0v) is 18.3. The van der Waals surface area contributed by atoms with E-state index in [1.165, 1.54) is 15.3 Å². The van der Waals surface area contributed by atoms with Crippen molar-refractivity contribution in [3.63, 3.8) is 0 Å². The molecule has 0 saturated carbocycles. The number of carbonyl (C=O) groups excluding carboxylic acids is 2. The Kier molecular flexibility index (Phi) is 5.05. The minimum atomic E-state index is -0.274. The molecule has 0 N–H and O–H groups in total. The van der Waals surface area contributed by atoms with Crippen LogP contribution in [-0.2, 0) is 16.0 Å². The summed E-state index contributed by atoms with van der Waals surface area (Å²) in [6.07, 6.45) is 4.93. The first-order valence-corrected chi connectivity index (χ1v) is 11.8. The molecule has 6 heteroatoms. The molecule has 0 radical (unpaired) electrons. The lowest BCUT2D eigenvalue weighted by molar-refractivity contribution is -0.136. The molecule has 0 fully saturated rings. The lowest BCUT2D eigenvalue weighted by atomic mass is 9.92. The molecule has 0 unspecified atom stereocenters. The lowest BCUT2D eigenvalue weighted by Gasteiger charge is -2.38. The predicted octanol–water partition coefficient (Wildman–Crippen LogP) is 5.25. The van der Waals surface area contributed by atoms with Crippen LogP contribution in [0.3, 0.4) is 0 Å². The van der Waals surface area contributed by atoms with Crippen LogP contribution in [0, 0.1) is 0 Å². The molecule has 2 aromatic heterocycles. The van der Waals surface area contributed by atoms with Gasteiger partial charge in [0.25, 0.3) is 0 Å². The van der Waals surface area contributed by atoms with E-state index >= 15 is 0 Å². The van der Waals surface area contributed by atoms with Crippen molar-refractivity contribution in [3.8, 4) is 0 Å². The normalized spacial score (nSPS) is 20.0. The van der Waals surface area contributed by atoms with E-state index in [4.69, 9.17) is 0 Å². The van der Waals surface area contributed by atoms with Crippen molar-refractivity contribution in [2.45, 2.75) is 31.8 Å². The fourth-order valence-electron chi connectivity index (χ4n) is 4.53. The first kappa shape index (κ1) is 19.3. The summed E-state index contributed by atoms with van der Waals surface area (Å²) in [5, 5.41) is 4.19. The summed E-state index contributed by atoms with van der Waals surface area (Å²) in [7, 11) is 0. The van der Waals surface area contributed by atoms with Crippen LogP contribution in [0.1, 0.15) is 51.9 Å². The molecule has 1 aromatic carbocycles. The second kappa shape index (κ2) is 7.85. The minimum Gasteiger partial charge on any atom is -0.330 e. The summed E-state index contributed by atoms with van der Waals surface area (Å²) in [4.78, 5) is 32.2. The number of nitrogens with zero attached hydrogens (tertiary/aromatic N) is 2. The topological polar surface area (TPSA) is 40.6 Å². The van der Waals surface area contributed by atoms with Gasteiger partial charge in [-0.1, -0.05) is 30.3 Å². The maximum Gasteiger partial charge on any atom is 0.225 e. The average molecular weight is 435 g/mol. The molecule has 2 atom stereocenters. The van der Waals surface area contributed by atoms with Crippen LogP contribution in [0.15, 0.2) is 59.4 Å². The molecule has 2 aliphatic heterocycles. The van der Waals surface area contributed by atoms with Gasteiger partial charge in [0.15, 0.2) is 0 Å². The molecule has 5 rings (SSSR count). The molecule has 0 bridgehead atoms. The summed E-state index contributed by atoms with van der Waals surface area (Å²) < 4.78 is 0. The third-order valence-electron chi connectivity index (χ3n) is 5.94. The summed E-state index contributed by atoms with van der Waals surface area (Å²) >= 11 is 3.47. The molecule has 4 nitrogen and oxygen atoms in total. The fourth-order valence-corrected chi connectivity index (χ4v) is 6.29. The molecule has 0 aliphatic carbocycles. The van der Waals surface area contributed by atoms with Crippen molar-refractivity contribution in [3.05, 3.63) is 85.9 Å². The average Bonchev–Trinajstić information content (AvgIpc) is 3.45. The monoisotopic (exact) mass is 434 g/mol. The highest BCUT2D eigenvalue weighted by molar-refractivity contribution is 7.10. The van der Waals surface area contributed by atoms with Crippen molar-refractivity contribution < 1.29 is 9.59 Å². The van der Waals surface area contributed by atoms with Gasteiger partial charge in [-0.15, -0.1) is 22.7 Å². The third-order valence-corrected chi connectivity index (χ3v) is 7.86. The van der Waals surface area contributed by atoms with Crippen molar-refractivity contribution >= 4 is 40.6 Å². The van der Waals surface area contributed by atoms with E-state index < -0.39 is 0 Å². The van der Waals surface area contributed by atoms with Gasteiger partial charge in [0.2, 0.25) is 11.8 Å². The number of thiophene rings is 2. The van der Waals surface area contributed by atoms with Crippen LogP contribution in [0.5, 0.6) is 0 Å². The molecule has 4 heterocycles. The zero-order chi connectivity index (χ0) is 20.7. The van der Waals surface area contributed by atoms with E-state index in [0.29, 0.717) is 6.54 Å².